The van der Waals surface area contributed by atoms with E-state index in [1.807, 2.05) is 47.4 Å². The molecule has 0 spiro atoms. The molecule has 1 amide bonds. The quantitative estimate of drug-likeness (QED) is 0.534. The summed E-state index contributed by atoms with van der Waals surface area (Å²) >= 11 is 3.43. The van der Waals surface area contributed by atoms with Gasteiger partial charge >= 0.3 is 0 Å². The number of likely N-dealkylation sites (tertiary alicyclic amines) is 1. The van der Waals surface area contributed by atoms with Crippen LogP contribution >= 0.6 is 15.9 Å². The second-order valence-corrected chi connectivity index (χ2v) is 7.68. The van der Waals surface area contributed by atoms with Crippen molar-refractivity contribution in [3.8, 4) is 17.2 Å². The first-order chi connectivity index (χ1) is 13.6. The van der Waals surface area contributed by atoms with E-state index in [1.165, 1.54) is 0 Å². The number of methoxy groups -OCH3 is 2. The van der Waals surface area contributed by atoms with Gasteiger partial charge in [-0.05, 0) is 55.2 Å². The lowest BCUT2D eigenvalue weighted by atomic mass is 10.0. The van der Waals surface area contributed by atoms with Crippen LogP contribution in [0.25, 0.3) is 0 Å². The van der Waals surface area contributed by atoms with Crippen molar-refractivity contribution in [3.63, 3.8) is 0 Å². The Morgan fingerprint density at radius 2 is 1.96 bits per heavy atom. The van der Waals surface area contributed by atoms with Crippen LogP contribution in [0.5, 0.6) is 17.2 Å². The lowest BCUT2D eigenvalue weighted by molar-refractivity contribution is -0.132. The minimum absolute atomic E-state index is 0.0957. The van der Waals surface area contributed by atoms with Gasteiger partial charge in [-0.3, -0.25) is 4.79 Å². The normalized spacial score (nSPS) is 16.1. The molecule has 2 aromatic rings. The van der Waals surface area contributed by atoms with Crippen molar-refractivity contribution in [2.75, 3.05) is 27.4 Å². The number of carbonyl (C=O) groups is 1. The van der Waals surface area contributed by atoms with Gasteiger partial charge in [0.15, 0.2) is 11.5 Å². The van der Waals surface area contributed by atoms with E-state index in [1.54, 1.807) is 14.2 Å². The van der Waals surface area contributed by atoms with Gasteiger partial charge in [0, 0.05) is 17.4 Å². The van der Waals surface area contributed by atoms with Crippen LogP contribution in [-0.2, 0) is 4.79 Å². The Balaban J connectivity index is 1.55. The first-order valence-electron chi connectivity index (χ1n) is 9.52. The highest BCUT2D eigenvalue weighted by Gasteiger charge is 2.30. The number of rotatable bonds is 8. The molecule has 28 heavy (non-hydrogen) atoms. The van der Waals surface area contributed by atoms with Gasteiger partial charge in [0.25, 0.3) is 0 Å². The van der Waals surface area contributed by atoms with Crippen LogP contribution < -0.4 is 14.2 Å². The molecule has 6 heteroatoms. The molecular weight excluding hydrogens is 422 g/mol. The first-order valence-corrected chi connectivity index (χ1v) is 10.3. The molecule has 0 aliphatic carbocycles. The molecule has 3 rings (SSSR count). The fourth-order valence-corrected chi connectivity index (χ4v) is 3.96. The highest BCUT2D eigenvalue weighted by molar-refractivity contribution is 9.10. The fraction of sp³-hybridized carbons (Fsp3) is 0.409. The molecule has 1 fully saturated rings. The Bertz CT molecular complexity index is 811. The average Bonchev–Trinajstić information content (AvgIpc) is 3.20. The largest absolute Gasteiger partial charge is 0.494 e. The van der Waals surface area contributed by atoms with Crippen LogP contribution in [-0.4, -0.2) is 38.2 Å². The third-order valence-electron chi connectivity index (χ3n) is 4.97. The molecule has 5 nitrogen and oxygen atoms in total. The molecule has 0 saturated carbocycles. The van der Waals surface area contributed by atoms with Crippen molar-refractivity contribution in [1.82, 2.24) is 4.90 Å². The van der Waals surface area contributed by atoms with E-state index >= 15 is 0 Å². The summed E-state index contributed by atoms with van der Waals surface area (Å²) in [5, 5.41) is 0. The molecule has 1 aliphatic heterocycles. The molecular formula is C22H26BrNO4. The van der Waals surface area contributed by atoms with E-state index in [2.05, 4.69) is 15.9 Å². The van der Waals surface area contributed by atoms with E-state index in [0.29, 0.717) is 30.9 Å². The van der Waals surface area contributed by atoms with Crippen molar-refractivity contribution in [2.24, 2.45) is 0 Å². The summed E-state index contributed by atoms with van der Waals surface area (Å²) in [6.07, 6.45) is 3.16. The highest BCUT2D eigenvalue weighted by atomic mass is 79.9. The Morgan fingerprint density at radius 3 is 2.71 bits per heavy atom. The van der Waals surface area contributed by atoms with Gasteiger partial charge in [-0.25, -0.2) is 0 Å². The summed E-state index contributed by atoms with van der Waals surface area (Å²) in [5.41, 5.74) is 1.09. The van der Waals surface area contributed by atoms with Gasteiger partial charge in [-0.1, -0.05) is 28.1 Å². The molecule has 0 bridgehead atoms. The van der Waals surface area contributed by atoms with Crippen molar-refractivity contribution < 1.29 is 19.0 Å². The van der Waals surface area contributed by atoms with Crippen molar-refractivity contribution in [3.05, 3.63) is 52.5 Å². The molecule has 1 heterocycles. The number of ether oxygens (including phenoxy) is 3. The smallest absolute Gasteiger partial charge is 0.223 e. The Hall–Kier alpha value is -2.21. The maximum atomic E-state index is 12.8. The summed E-state index contributed by atoms with van der Waals surface area (Å²) in [5.74, 6) is 2.38. The van der Waals surface area contributed by atoms with E-state index in [-0.39, 0.29) is 11.9 Å². The van der Waals surface area contributed by atoms with Crippen molar-refractivity contribution in [2.45, 2.75) is 31.7 Å². The standard InChI is InChI=1S/C22H26BrNO4/c1-26-20-11-10-16(14-21(20)27-2)19-8-4-12-24(19)22(25)9-5-13-28-18-7-3-6-17(23)15-18/h3,6-7,10-11,14-15,19H,4-5,8-9,12-13H2,1-2H3. The SMILES string of the molecule is COc1ccc(C2CCCN2C(=O)CCCOc2cccc(Br)c2)cc1OC. The Kier molecular flexibility index (Phi) is 7.20. The molecule has 1 atom stereocenters. The highest BCUT2D eigenvalue weighted by Crippen LogP contribution is 2.37. The van der Waals surface area contributed by atoms with Crippen LogP contribution in [0, 0.1) is 0 Å². The number of carbonyl (C=O) groups excluding carboxylic acids is 1. The molecule has 1 unspecified atom stereocenters. The second-order valence-electron chi connectivity index (χ2n) is 6.77. The number of amides is 1. The molecule has 0 radical (unpaired) electrons. The van der Waals surface area contributed by atoms with Crippen molar-refractivity contribution >= 4 is 21.8 Å². The molecule has 150 valence electrons. The maximum Gasteiger partial charge on any atom is 0.223 e. The lowest BCUT2D eigenvalue weighted by Gasteiger charge is -2.26. The predicted octanol–water partition coefficient (Wildman–Crippen LogP) is 4.99. The van der Waals surface area contributed by atoms with Gasteiger partial charge in [-0.2, -0.15) is 0 Å². The van der Waals surface area contributed by atoms with E-state index in [0.717, 1.165) is 35.2 Å². The van der Waals surface area contributed by atoms with Crippen LogP contribution in [0.2, 0.25) is 0 Å². The first kappa shape index (κ1) is 20.5. The topological polar surface area (TPSA) is 48.0 Å². The zero-order valence-electron chi connectivity index (χ0n) is 16.3. The number of benzene rings is 2. The summed E-state index contributed by atoms with van der Waals surface area (Å²) in [6.45, 7) is 1.32. The molecule has 0 aromatic heterocycles. The molecule has 2 aromatic carbocycles. The average molecular weight is 448 g/mol. The number of halogens is 1. The maximum absolute atomic E-state index is 12.8. The summed E-state index contributed by atoms with van der Waals surface area (Å²) in [6, 6.07) is 13.7. The van der Waals surface area contributed by atoms with Gasteiger partial charge in [-0.15, -0.1) is 0 Å². The Labute approximate surface area is 174 Å². The van der Waals surface area contributed by atoms with Crippen molar-refractivity contribution in [1.29, 1.82) is 0 Å². The third kappa shape index (κ3) is 4.98. The van der Waals surface area contributed by atoms with Crippen LogP contribution in [0.3, 0.4) is 0 Å². The Morgan fingerprint density at radius 1 is 1.14 bits per heavy atom. The zero-order chi connectivity index (χ0) is 19.9. The minimum atomic E-state index is 0.0957. The van der Waals surface area contributed by atoms with Gasteiger partial charge in [0.1, 0.15) is 5.75 Å². The van der Waals surface area contributed by atoms with Crippen LogP contribution in [0.1, 0.15) is 37.3 Å². The number of hydrogen-bond acceptors (Lipinski definition) is 4. The fourth-order valence-electron chi connectivity index (χ4n) is 3.59. The molecule has 1 aliphatic rings. The third-order valence-corrected chi connectivity index (χ3v) is 5.46. The minimum Gasteiger partial charge on any atom is -0.494 e. The van der Waals surface area contributed by atoms with Crippen LogP contribution in [0.15, 0.2) is 46.9 Å². The number of hydrogen-bond donors (Lipinski definition) is 0. The predicted molar refractivity (Wildman–Crippen MR) is 112 cm³/mol. The number of nitrogens with zero attached hydrogens (tertiary/aromatic N) is 1. The van der Waals surface area contributed by atoms with E-state index in [4.69, 9.17) is 14.2 Å². The molecule has 0 N–H and O–H groups in total. The summed E-state index contributed by atoms with van der Waals surface area (Å²) in [4.78, 5) is 14.8. The molecule has 1 saturated heterocycles. The lowest BCUT2D eigenvalue weighted by Crippen LogP contribution is -2.30. The van der Waals surface area contributed by atoms with Gasteiger partial charge in [0.05, 0.1) is 26.9 Å². The summed E-state index contributed by atoms with van der Waals surface area (Å²) < 4.78 is 17.4. The van der Waals surface area contributed by atoms with Gasteiger partial charge < -0.3 is 19.1 Å². The van der Waals surface area contributed by atoms with Gasteiger partial charge in [0.2, 0.25) is 5.91 Å². The van der Waals surface area contributed by atoms with Crippen LogP contribution in [0.4, 0.5) is 0 Å². The van der Waals surface area contributed by atoms with E-state index in [9.17, 15) is 4.79 Å². The van der Waals surface area contributed by atoms with E-state index < -0.39 is 0 Å². The monoisotopic (exact) mass is 447 g/mol. The zero-order valence-corrected chi connectivity index (χ0v) is 17.9. The summed E-state index contributed by atoms with van der Waals surface area (Å²) in [7, 11) is 3.25. The second kappa shape index (κ2) is 9.82.